The Morgan fingerprint density at radius 1 is 1.83 bits per heavy atom. The molecule has 0 spiro atoms. The second-order valence-electron chi connectivity index (χ2n) is 2.60. The lowest BCUT2D eigenvalue weighted by Crippen LogP contribution is -2.25. The molecule has 3 N–H and O–H groups in total. The van der Waals surface area contributed by atoms with Crippen LogP contribution < -0.4 is 5.73 Å². The second kappa shape index (κ2) is 3.30. The van der Waals surface area contributed by atoms with E-state index in [9.17, 15) is 9.90 Å². The van der Waals surface area contributed by atoms with Crippen LogP contribution >= 0.6 is 0 Å². The number of nitrogens with two attached hydrogens (primary N) is 1. The van der Waals surface area contributed by atoms with Crippen molar-refractivity contribution in [3.8, 4) is 5.88 Å². The minimum Gasteiger partial charge on any atom is -0.494 e. The van der Waals surface area contributed by atoms with Gasteiger partial charge in [0.15, 0.2) is 5.88 Å². The molecule has 0 saturated heterocycles. The van der Waals surface area contributed by atoms with Crippen molar-refractivity contribution in [2.45, 2.75) is 19.4 Å². The number of aromatic nitrogens is 1. The summed E-state index contributed by atoms with van der Waals surface area (Å²) in [7, 11) is 0. The van der Waals surface area contributed by atoms with Gasteiger partial charge in [0, 0.05) is 6.20 Å². The van der Waals surface area contributed by atoms with Gasteiger partial charge in [0.05, 0.1) is 0 Å². The summed E-state index contributed by atoms with van der Waals surface area (Å²) in [6, 6.07) is 2.74. The zero-order chi connectivity index (χ0) is 9.14. The monoisotopic (exact) mass is 168 g/mol. The van der Waals surface area contributed by atoms with Crippen LogP contribution in [0.1, 0.15) is 19.4 Å². The molecule has 1 atom stereocenters. The number of nitrogens with zero attached hydrogens (tertiary/aromatic N) is 1. The highest BCUT2D eigenvalue weighted by atomic mass is 16.3. The summed E-state index contributed by atoms with van der Waals surface area (Å²) in [4.78, 5) is 10.9. The van der Waals surface area contributed by atoms with Crippen molar-refractivity contribution in [3.63, 3.8) is 0 Å². The van der Waals surface area contributed by atoms with Crippen LogP contribution in [0, 0.1) is 0 Å². The van der Waals surface area contributed by atoms with E-state index in [0.29, 0.717) is 6.42 Å². The normalized spacial score (nSPS) is 12.8. The highest BCUT2D eigenvalue weighted by Crippen LogP contribution is 2.19. The van der Waals surface area contributed by atoms with E-state index in [4.69, 9.17) is 5.73 Å². The third-order valence-electron chi connectivity index (χ3n) is 1.81. The second-order valence-corrected chi connectivity index (χ2v) is 2.60. The SMILES string of the molecule is CC[C@@H](C(N)=O)n1cccc1O. The summed E-state index contributed by atoms with van der Waals surface area (Å²) in [5.74, 6) is -0.357. The van der Waals surface area contributed by atoms with Gasteiger partial charge in [-0.15, -0.1) is 0 Å². The summed E-state index contributed by atoms with van der Waals surface area (Å²) in [6.07, 6.45) is 2.21. The Kier molecular flexibility index (Phi) is 2.38. The Morgan fingerprint density at radius 3 is 2.83 bits per heavy atom. The van der Waals surface area contributed by atoms with E-state index in [2.05, 4.69) is 0 Å². The van der Waals surface area contributed by atoms with Gasteiger partial charge in [-0.05, 0) is 18.6 Å². The van der Waals surface area contributed by atoms with Gasteiger partial charge in [0.25, 0.3) is 0 Å². The van der Waals surface area contributed by atoms with Crippen molar-refractivity contribution in [2.24, 2.45) is 5.73 Å². The fourth-order valence-corrected chi connectivity index (χ4v) is 1.18. The van der Waals surface area contributed by atoms with Gasteiger partial charge in [-0.2, -0.15) is 0 Å². The van der Waals surface area contributed by atoms with E-state index in [-0.39, 0.29) is 5.88 Å². The van der Waals surface area contributed by atoms with Crippen LogP contribution in [0.15, 0.2) is 18.3 Å². The largest absolute Gasteiger partial charge is 0.494 e. The van der Waals surface area contributed by atoms with Crippen molar-refractivity contribution in [3.05, 3.63) is 18.3 Å². The summed E-state index contributed by atoms with van der Waals surface area (Å²) in [5, 5.41) is 9.26. The molecule has 0 unspecified atom stereocenters. The molecule has 66 valence electrons. The maximum atomic E-state index is 10.9. The first-order valence-corrected chi connectivity index (χ1v) is 3.82. The third-order valence-corrected chi connectivity index (χ3v) is 1.81. The maximum absolute atomic E-state index is 10.9. The van der Waals surface area contributed by atoms with Crippen LogP contribution in [0.2, 0.25) is 0 Å². The Balaban J connectivity index is 2.94. The molecule has 1 rings (SSSR count). The van der Waals surface area contributed by atoms with Gasteiger partial charge in [-0.3, -0.25) is 4.79 Å². The molecule has 1 amide bonds. The first kappa shape index (κ1) is 8.64. The van der Waals surface area contributed by atoms with Crippen molar-refractivity contribution in [1.29, 1.82) is 0 Å². The molecule has 0 saturated carbocycles. The molecule has 1 heterocycles. The summed E-state index contributed by atoms with van der Waals surface area (Å²) in [6.45, 7) is 1.84. The molecule has 0 aliphatic carbocycles. The van der Waals surface area contributed by atoms with Crippen LogP contribution in [-0.4, -0.2) is 15.6 Å². The standard InChI is InChI=1S/C8H12N2O2/c1-2-6(8(9)12)10-5-3-4-7(10)11/h3-6,11H,2H2,1H3,(H2,9,12)/t6-/m0/s1. The quantitative estimate of drug-likeness (QED) is 0.695. The zero-order valence-corrected chi connectivity index (χ0v) is 6.90. The molecule has 0 fully saturated rings. The van der Waals surface area contributed by atoms with Crippen LogP contribution in [0.25, 0.3) is 0 Å². The molecule has 0 aliphatic heterocycles. The lowest BCUT2D eigenvalue weighted by atomic mass is 10.2. The minimum absolute atomic E-state index is 0.0700. The number of amides is 1. The zero-order valence-electron chi connectivity index (χ0n) is 6.90. The number of aromatic hydroxyl groups is 1. The van der Waals surface area contributed by atoms with Crippen molar-refractivity contribution in [2.75, 3.05) is 0 Å². The summed E-state index contributed by atoms with van der Waals surface area (Å²) < 4.78 is 1.46. The molecule has 12 heavy (non-hydrogen) atoms. The van der Waals surface area contributed by atoms with Crippen molar-refractivity contribution < 1.29 is 9.90 Å². The number of hydrogen-bond acceptors (Lipinski definition) is 2. The summed E-state index contributed by atoms with van der Waals surface area (Å²) >= 11 is 0. The molecule has 4 nitrogen and oxygen atoms in total. The average molecular weight is 168 g/mol. The van der Waals surface area contributed by atoms with E-state index in [0.717, 1.165) is 0 Å². The van der Waals surface area contributed by atoms with Crippen LogP contribution in [0.5, 0.6) is 5.88 Å². The number of primary amides is 1. The Labute approximate surface area is 70.6 Å². The Hall–Kier alpha value is -1.45. The molecule has 0 radical (unpaired) electrons. The highest BCUT2D eigenvalue weighted by Gasteiger charge is 2.16. The molecular weight excluding hydrogens is 156 g/mol. The molecule has 0 bridgehead atoms. The molecule has 1 aromatic heterocycles. The van der Waals surface area contributed by atoms with Crippen molar-refractivity contribution in [1.82, 2.24) is 4.57 Å². The molecular formula is C8H12N2O2. The van der Waals surface area contributed by atoms with Crippen LogP contribution in [0.4, 0.5) is 0 Å². The van der Waals surface area contributed by atoms with Gasteiger partial charge < -0.3 is 15.4 Å². The number of carbonyl (C=O) groups is 1. The predicted octanol–water partition coefficient (Wildman–Crippen LogP) is 0.630. The van der Waals surface area contributed by atoms with Crippen LogP contribution in [-0.2, 0) is 4.79 Å². The average Bonchev–Trinajstić information content (AvgIpc) is 2.38. The third kappa shape index (κ3) is 1.42. The smallest absolute Gasteiger partial charge is 0.240 e. The van der Waals surface area contributed by atoms with Gasteiger partial charge in [-0.1, -0.05) is 6.92 Å². The van der Waals surface area contributed by atoms with E-state index in [1.165, 1.54) is 10.6 Å². The van der Waals surface area contributed by atoms with Crippen LogP contribution in [0.3, 0.4) is 0 Å². The van der Waals surface area contributed by atoms with Gasteiger partial charge >= 0.3 is 0 Å². The summed E-state index contributed by atoms with van der Waals surface area (Å²) in [5.41, 5.74) is 5.14. The predicted molar refractivity (Wildman–Crippen MR) is 44.6 cm³/mol. The number of carbonyl (C=O) groups excluding carboxylic acids is 1. The first-order valence-electron chi connectivity index (χ1n) is 3.82. The van der Waals surface area contributed by atoms with E-state index in [1.807, 2.05) is 6.92 Å². The maximum Gasteiger partial charge on any atom is 0.240 e. The highest BCUT2D eigenvalue weighted by molar-refractivity contribution is 5.78. The first-order chi connectivity index (χ1) is 5.66. The van der Waals surface area contributed by atoms with E-state index < -0.39 is 11.9 Å². The molecule has 0 aliphatic rings. The van der Waals surface area contributed by atoms with Crippen molar-refractivity contribution >= 4 is 5.91 Å². The Bertz CT molecular complexity index is 280. The van der Waals surface area contributed by atoms with E-state index >= 15 is 0 Å². The van der Waals surface area contributed by atoms with Gasteiger partial charge in [0.2, 0.25) is 5.91 Å². The molecule has 4 heteroatoms. The van der Waals surface area contributed by atoms with Gasteiger partial charge in [-0.25, -0.2) is 0 Å². The molecule has 1 aromatic rings. The fourth-order valence-electron chi connectivity index (χ4n) is 1.18. The number of hydrogen-bond donors (Lipinski definition) is 2. The van der Waals surface area contributed by atoms with Gasteiger partial charge in [0.1, 0.15) is 6.04 Å². The lowest BCUT2D eigenvalue weighted by molar-refractivity contribution is -0.121. The Morgan fingerprint density at radius 2 is 2.50 bits per heavy atom. The fraction of sp³-hybridized carbons (Fsp3) is 0.375. The minimum atomic E-state index is -0.444. The van der Waals surface area contributed by atoms with E-state index in [1.54, 1.807) is 12.3 Å². The number of rotatable bonds is 3. The topological polar surface area (TPSA) is 68.2 Å². The molecule has 0 aromatic carbocycles. The lowest BCUT2D eigenvalue weighted by Gasteiger charge is -2.13.